The maximum absolute atomic E-state index is 13.3. The van der Waals surface area contributed by atoms with E-state index in [-0.39, 0.29) is 30.3 Å². The Morgan fingerprint density at radius 1 is 1.03 bits per heavy atom. The molecule has 0 aliphatic heterocycles. The van der Waals surface area contributed by atoms with Crippen molar-refractivity contribution in [2.45, 2.75) is 38.9 Å². The molecule has 1 aliphatic carbocycles. The Morgan fingerprint density at radius 2 is 1.71 bits per heavy atom. The van der Waals surface area contributed by atoms with Gasteiger partial charge in [0, 0.05) is 31.0 Å². The number of amides is 1. The summed E-state index contributed by atoms with van der Waals surface area (Å²) in [4.78, 5) is 32.8. The third kappa shape index (κ3) is 5.41. The highest BCUT2D eigenvalue weighted by Gasteiger charge is 2.51. The summed E-state index contributed by atoms with van der Waals surface area (Å²) in [6, 6.07) is 10.9. The molecular weight excluding hydrogens is 445 g/mol. The van der Waals surface area contributed by atoms with E-state index >= 15 is 0 Å². The molecule has 1 aromatic heterocycles. The first kappa shape index (κ1) is 23.4. The number of carbonyl (C=O) groups excluding carboxylic acids is 2. The SMILES string of the molecule is Cc1ccc(Nc2ccc(CNC(=O)C3(CC(=O)c4cncnc4)CC3)cc2)c(C(F)(F)F)c1. The van der Waals surface area contributed by atoms with Crippen molar-refractivity contribution in [3.05, 3.63) is 83.4 Å². The van der Waals surface area contributed by atoms with E-state index in [2.05, 4.69) is 20.6 Å². The Bertz CT molecular complexity index is 1190. The van der Waals surface area contributed by atoms with Gasteiger partial charge in [-0.3, -0.25) is 9.59 Å². The van der Waals surface area contributed by atoms with Crippen LogP contribution in [0.3, 0.4) is 0 Å². The average molecular weight is 468 g/mol. The van der Waals surface area contributed by atoms with E-state index in [1.165, 1.54) is 24.8 Å². The third-order valence-corrected chi connectivity index (χ3v) is 5.88. The van der Waals surface area contributed by atoms with Gasteiger partial charge < -0.3 is 10.6 Å². The molecular formula is C25H23F3N4O2. The molecule has 0 radical (unpaired) electrons. The van der Waals surface area contributed by atoms with Crippen molar-refractivity contribution in [3.63, 3.8) is 0 Å². The number of benzene rings is 2. The van der Waals surface area contributed by atoms with E-state index in [9.17, 15) is 22.8 Å². The molecule has 176 valence electrons. The number of aryl methyl sites for hydroxylation is 1. The summed E-state index contributed by atoms with van der Waals surface area (Å²) in [6.07, 6.45) is 1.13. The minimum atomic E-state index is -4.47. The molecule has 3 aromatic rings. The van der Waals surface area contributed by atoms with Crippen molar-refractivity contribution < 1.29 is 22.8 Å². The Kier molecular flexibility index (Phi) is 6.37. The molecule has 0 spiro atoms. The van der Waals surface area contributed by atoms with Gasteiger partial charge >= 0.3 is 6.18 Å². The summed E-state index contributed by atoms with van der Waals surface area (Å²) >= 11 is 0. The van der Waals surface area contributed by atoms with Gasteiger partial charge in [-0.2, -0.15) is 13.2 Å². The molecule has 1 aliphatic rings. The predicted molar refractivity (Wildman–Crippen MR) is 120 cm³/mol. The van der Waals surface area contributed by atoms with Gasteiger partial charge in [0.15, 0.2) is 5.78 Å². The number of nitrogens with one attached hydrogen (secondary N) is 2. The van der Waals surface area contributed by atoms with Crippen LogP contribution in [0.5, 0.6) is 0 Å². The molecule has 2 N–H and O–H groups in total. The number of alkyl halides is 3. The summed E-state index contributed by atoms with van der Waals surface area (Å²) in [7, 11) is 0. The van der Waals surface area contributed by atoms with Gasteiger partial charge in [-0.1, -0.05) is 23.8 Å². The summed E-state index contributed by atoms with van der Waals surface area (Å²) in [5.74, 6) is -0.354. The van der Waals surface area contributed by atoms with Crippen molar-refractivity contribution in [1.29, 1.82) is 0 Å². The molecule has 1 saturated carbocycles. The standard InChI is InChI=1S/C25H23F3N4O2/c1-16-2-7-21(20(10-16)25(26,27)28)32-19-5-3-17(4-6-19)12-31-23(34)24(8-9-24)11-22(33)18-13-29-15-30-14-18/h2-7,10,13-15,32H,8-9,11-12H2,1H3,(H,31,34). The molecule has 2 aromatic carbocycles. The van der Waals surface area contributed by atoms with Gasteiger partial charge in [-0.05, 0) is 49.6 Å². The topological polar surface area (TPSA) is 84.0 Å². The first-order valence-corrected chi connectivity index (χ1v) is 10.8. The lowest BCUT2D eigenvalue weighted by Crippen LogP contribution is -2.33. The highest BCUT2D eigenvalue weighted by atomic mass is 19.4. The number of ketones is 1. The van der Waals surface area contributed by atoms with Crippen molar-refractivity contribution in [3.8, 4) is 0 Å². The van der Waals surface area contributed by atoms with Gasteiger partial charge in [0.2, 0.25) is 5.91 Å². The first-order chi connectivity index (χ1) is 16.2. The van der Waals surface area contributed by atoms with Crippen molar-refractivity contribution >= 4 is 23.1 Å². The van der Waals surface area contributed by atoms with E-state index in [1.807, 2.05) is 0 Å². The van der Waals surface area contributed by atoms with Gasteiger partial charge in [0.25, 0.3) is 0 Å². The number of hydrogen-bond acceptors (Lipinski definition) is 5. The summed E-state index contributed by atoms with van der Waals surface area (Å²) < 4.78 is 40.0. The minimum Gasteiger partial charge on any atom is -0.355 e. The summed E-state index contributed by atoms with van der Waals surface area (Å²) in [5, 5.41) is 5.69. The quantitative estimate of drug-likeness (QED) is 0.443. The Hall–Kier alpha value is -3.75. The van der Waals surface area contributed by atoms with E-state index in [0.29, 0.717) is 29.7 Å². The number of rotatable bonds is 8. The average Bonchev–Trinajstić information content (AvgIpc) is 3.60. The van der Waals surface area contributed by atoms with Crippen molar-refractivity contribution in [1.82, 2.24) is 15.3 Å². The molecule has 1 fully saturated rings. The second-order valence-corrected chi connectivity index (χ2v) is 8.56. The molecule has 0 bridgehead atoms. The van der Waals surface area contributed by atoms with Crippen LogP contribution in [0.25, 0.3) is 0 Å². The fraction of sp³-hybridized carbons (Fsp3) is 0.280. The Morgan fingerprint density at radius 3 is 2.32 bits per heavy atom. The number of Topliss-reactive ketones (excluding diaryl/α,β-unsaturated/α-hetero) is 1. The molecule has 6 nitrogen and oxygen atoms in total. The van der Waals surface area contributed by atoms with Crippen LogP contribution in [0.2, 0.25) is 0 Å². The smallest absolute Gasteiger partial charge is 0.355 e. The zero-order valence-corrected chi connectivity index (χ0v) is 18.4. The van der Waals surface area contributed by atoms with Crippen molar-refractivity contribution in [2.24, 2.45) is 5.41 Å². The number of hydrogen-bond donors (Lipinski definition) is 2. The van der Waals surface area contributed by atoms with Crippen LogP contribution in [0.15, 0.2) is 61.2 Å². The zero-order valence-electron chi connectivity index (χ0n) is 18.4. The van der Waals surface area contributed by atoms with Gasteiger partial charge in [0.1, 0.15) is 6.33 Å². The lowest BCUT2D eigenvalue weighted by atomic mass is 9.95. The normalized spacial score (nSPS) is 14.4. The van der Waals surface area contributed by atoms with Crippen LogP contribution < -0.4 is 10.6 Å². The largest absolute Gasteiger partial charge is 0.418 e. The molecule has 1 amide bonds. The van der Waals surface area contributed by atoms with E-state index < -0.39 is 17.2 Å². The molecule has 4 rings (SSSR count). The maximum Gasteiger partial charge on any atom is 0.418 e. The molecule has 9 heteroatoms. The summed E-state index contributed by atoms with van der Waals surface area (Å²) in [5.41, 5.74) is 0.742. The molecule has 34 heavy (non-hydrogen) atoms. The van der Waals surface area contributed by atoms with E-state index in [4.69, 9.17) is 0 Å². The monoisotopic (exact) mass is 468 g/mol. The molecule has 1 heterocycles. The highest BCUT2D eigenvalue weighted by molar-refractivity contribution is 6.00. The van der Waals surface area contributed by atoms with Gasteiger partial charge in [0.05, 0.1) is 22.2 Å². The van der Waals surface area contributed by atoms with Crippen LogP contribution in [-0.2, 0) is 17.5 Å². The van der Waals surface area contributed by atoms with Crippen LogP contribution in [0, 0.1) is 12.3 Å². The number of nitrogens with zero attached hydrogens (tertiary/aromatic N) is 2. The molecule has 0 unspecified atom stereocenters. The molecule has 0 atom stereocenters. The van der Waals surface area contributed by atoms with Crippen LogP contribution in [-0.4, -0.2) is 21.7 Å². The van der Waals surface area contributed by atoms with Crippen LogP contribution in [0.4, 0.5) is 24.5 Å². The van der Waals surface area contributed by atoms with E-state index in [0.717, 1.165) is 11.6 Å². The maximum atomic E-state index is 13.3. The second-order valence-electron chi connectivity index (χ2n) is 8.56. The third-order valence-electron chi connectivity index (χ3n) is 5.88. The van der Waals surface area contributed by atoms with Crippen LogP contribution >= 0.6 is 0 Å². The van der Waals surface area contributed by atoms with Crippen LogP contribution in [0.1, 0.15) is 46.3 Å². The second kappa shape index (κ2) is 9.24. The number of carbonyl (C=O) groups is 2. The first-order valence-electron chi connectivity index (χ1n) is 10.8. The fourth-order valence-corrected chi connectivity index (χ4v) is 3.72. The fourth-order valence-electron chi connectivity index (χ4n) is 3.72. The highest BCUT2D eigenvalue weighted by Crippen LogP contribution is 2.49. The minimum absolute atomic E-state index is 0.0247. The number of anilines is 2. The lowest BCUT2D eigenvalue weighted by Gasteiger charge is -2.16. The number of halogens is 3. The van der Waals surface area contributed by atoms with Gasteiger partial charge in [-0.15, -0.1) is 0 Å². The number of aromatic nitrogens is 2. The van der Waals surface area contributed by atoms with Crippen molar-refractivity contribution in [2.75, 3.05) is 5.32 Å². The van der Waals surface area contributed by atoms with Gasteiger partial charge in [-0.25, -0.2) is 9.97 Å². The van der Waals surface area contributed by atoms with E-state index in [1.54, 1.807) is 37.3 Å². The Balaban J connectivity index is 1.35. The zero-order chi connectivity index (χ0) is 24.3. The molecule has 0 saturated heterocycles. The Labute approximate surface area is 194 Å². The predicted octanol–water partition coefficient (Wildman–Crippen LogP) is 5.22. The summed E-state index contributed by atoms with van der Waals surface area (Å²) in [6.45, 7) is 1.86. The lowest BCUT2D eigenvalue weighted by molar-refractivity contribution is -0.137.